The first-order valence-electron chi connectivity index (χ1n) is 7.70. The Hall–Kier alpha value is -2.76. The van der Waals surface area contributed by atoms with Gasteiger partial charge in [0.1, 0.15) is 5.82 Å². The highest BCUT2D eigenvalue weighted by Gasteiger charge is 2.31. The fourth-order valence-corrected chi connectivity index (χ4v) is 2.24. The van der Waals surface area contributed by atoms with Gasteiger partial charge in [0.25, 0.3) is 0 Å². The average Bonchev–Trinajstić information content (AvgIpc) is 2.58. The zero-order valence-corrected chi connectivity index (χ0v) is 14.1. The minimum Gasteiger partial charge on any atom is -0.399 e. The van der Waals surface area contributed by atoms with E-state index in [9.17, 15) is 13.2 Å². The molecule has 3 N–H and O–H groups in total. The summed E-state index contributed by atoms with van der Waals surface area (Å²) in [6, 6.07) is 8.85. The zero-order valence-electron chi connectivity index (χ0n) is 14.1. The summed E-state index contributed by atoms with van der Waals surface area (Å²) in [5.41, 5.74) is 8.20. The van der Waals surface area contributed by atoms with Gasteiger partial charge in [0.2, 0.25) is 0 Å². The van der Waals surface area contributed by atoms with Crippen LogP contribution < -0.4 is 11.1 Å². The van der Waals surface area contributed by atoms with Crippen LogP contribution in [-0.2, 0) is 12.7 Å². The summed E-state index contributed by atoms with van der Waals surface area (Å²) in [5.74, 6) is 0.272. The molecule has 0 fully saturated rings. The molecule has 0 radical (unpaired) electrons. The first-order valence-corrected chi connectivity index (χ1v) is 7.70. The Bertz CT molecular complexity index is 791. The highest BCUT2D eigenvalue weighted by Crippen LogP contribution is 2.32. The number of hydrogen-bond donors (Lipinski definition) is 2. The molecular weight excluding hydrogens is 327 g/mol. The number of halogens is 3. The van der Waals surface area contributed by atoms with Gasteiger partial charge in [-0.05, 0) is 36.6 Å². The predicted octanol–water partition coefficient (Wildman–Crippen LogP) is 5.07. The van der Waals surface area contributed by atoms with Crippen molar-refractivity contribution >= 4 is 17.1 Å². The molecule has 6 heteroatoms. The Morgan fingerprint density at radius 3 is 2.44 bits per heavy atom. The van der Waals surface area contributed by atoms with Crippen molar-refractivity contribution < 1.29 is 13.2 Å². The lowest BCUT2D eigenvalue weighted by molar-refractivity contribution is -0.137. The molecule has 2 aromatic rings. The molecule has 3 nitrogen and oxygen atoms in total. The van der Waals surface area contributed by atoms with Crippen molar-refractivity contribution in [2.45, 2.75) is 26.6 Å². The molecule has 0 atom stereocenters. The van der Waals surface area contributed by atoms with Gasteiger partial charge in [0.15, 0.2) is 0 Å². The molecule has 0 unspecified atom stereocenters. The first-order chi connectivity index (χ1) is 11.7. The van der Waals surface area contributed by atoms with Crippen LogP contribution in [0.25, 0.3) is 11.3 Å². The molecule has 1 aromatic carbocycles. The molecule has 0 bridgehead atoms. The van der Waals surface area contributed by atoms with Crippen molar-refractivity contribution in [2.24, 2.45) is 5.73 Å². The Morgan fingerprint density at radius 1 is 1.28 bits per heavy atom. The summed E-state index contributed by atoms with van der Waals surface area (Å²) in [6.45, 7) is 7.94. The van der Waals surface area contributed by atoms with Crippen molar-refractivity contribution in [2.75, 3.05) is 5.32 Å². The standard InChI is InChI=1S/C19H20F3N3/c1-4-12(2)15-7-5-14(6-8-15)10-24-18-17(13(3)23)9-16(11-25-18)19(20,21)22/h4-9,11H,3,10,23H2,1-2H3,(H,24,25)/b12-4+. The summed E-state index contributed by atoms with van der Waals surface area (Å²) in [5, 5.41) is 3.02. The quantitative estimate of drug-likeness (QED) is 0.794. The van der Waals surface area contributed by atoms with Gasteiger partial charge in [-0.1, -0.05) is 36.9 Å². The third-order valence-corrected chi connectivity index (χ3v) is 3.86. The van der Waals surface area contributed by atoms with E-state index >= 15 is 0 Å². The number of pyridine rings is 1. The van der Waals surface area contributed by atoms with Crippen LogP contribution in [0.2, 0.25) is 0 Å². The molecule has 2 rings (SSSR count). The fourth-order valence-electron chi connectivity index (χ4n) is 2.24. The number of nitrogens with one attached hydrogen (secondary N) is 1. The Morgan fingerprint density at radius 2 is 1.92 bits per heavy atom. The lowest BCUT2D eigenvalue weighted by Crippen LogP contribution is -2.11. The number of nitrogens with zero attached hydrogens (tertiary/aromatic N) is 1. The maximum atomic E-state index is 12.8. The van der Waals surface area contributed by atoms with Gasteiger partial charge in [-0.15, -0.1) is 0 Å². The van der Waals surface area contributed by atoms with Crippen molar-refractivity contribution in [1.29, 1.82) is 0 Å². The molecule has 0 spiro atoms. The zero-order chi connectivity index (χ0) is 18.6. The maximum Gasteiger partial charge on any atom is 0.417 e. The van der Waals surface area contributed by atoms with Crippen LogP contribution in [-0.4, -0.2) is 4.98 Å². The molecule has 0 amide bonds. The van der Waals surface area contributed by atoms with Crippen molar-refractivity contribution in [3.05, 3.63) is 71.4 Å². The van der Waals surface area contributed by atoms with E-state index in [0.717, 1.165) is 23.4 Å². The smallest absolute Gasteiger partial charge is 0.399 e. The van der Waals surface area contributed by atoms with Crippen LogP contribution in [0.15, 0.2) is 49.2 Å². The van der Waals surface area contributed by atoms with E-state index in [2.05, 4.69) is 16.9 Å². The van der Waals surface area contributed by atoms with E-state index in [4.69, 9.17) is 5.73 Å². The number of aromatic nitrogens is 1. The summed E-state index contributed by atoms with van der Waals surface area (Å²) in [4.78, 5) is 3.86. The molecule has 25 heavy (non-hydrogen) atoms. The number of allylic oxidation sites excluding steroid dienone is 2. The largest absolute Gasteiger partial charge is 0.417 e. The third kappa shape index (κ3) is 4.62. The second-order valence-corrected chi connectivity index (χ2v) is 5.67. The third-order valence-electron chi connectivity index (χ3n) is 3.86. The molecule has 132 valence electrons. The fraction of sp³-hybridized carbons (Fsp3) is 0.211. The number of benzene rings is 1. The average molecular weight is 347 g/mol. The Kier molecular flexibility index (Phi) is 5.51. The van der Waals surface area contributed by atoms with Gasteiger partial charge < -0.3 is 11.1 Å². The molecule has 0 aliphatic carbocycles. The van der Waals surface area contributed by atoms with E-state index in [1.165, 1.54) is 5.57 Å². The minimum atomic E-state index is -4.48. The number of rotatable bonds is 5. The van der Waals surface area contributed by atoms with E-state index < -0.39 is 11.7 Å². The lowest BCUT2D eigenvalue weighted by Gasteiger charge is -2.14. The lowest BCUT2D eigenvalue weighted by atomic mass is 10.1. The molecule has 1 aromatic heterocycles. The Balaban J connectivity index is 2.19. The van der Waals surface area contributed by atoms with E-state index in [-0.39, 0.29) is 17.1 Å². The number of hydrogen-bond acceptors (Lipinski definition) is 3. The van der Waals surface area contributed by atoms with Crippen LogP contribution in [0.3, 0.4) is 0 Å². The van der Waals surface area contributed by atoms with Crippen molar-refractivity contribution in [3.8, 4) is 0 Å². The Labute approximate surface area is 145 Å². The van der Waals surface area contributed by atoms with E-state index in [1.54, 1.807) is 0 Å². The molecular formula is C19H20F3N3. The topological polar surface area (TPSA) is 50.9 Å². The van der Waals surface area contributed by atoms with E-state index in [0.29, 0.717) is 6.54 Å². The minimum absolute atomic E-state index is 0.0279. The van der Waals surface area contributed by atoms with Gasteiger partial charge in [-0.3, -0.25) is 0 Å². The summed E-state index contributed by atoms with van der Waals surface area (Å²) < 4.78 is 38.4. The summed E-state index contributed by atoms with van der Waals surface area (Å²) in [7, 11) is 0. The first kappa shape index (κ1) is 18.6. The number of alkyl halides is 3. The predicted molar refractivity (Wildman–Crippen MR) is 95.6 cm³/mol. The highest BCUT2D eigenvalue weighted by atomic mass is 19.4. The van der Waals surface area contributed by atoms with Gasteiger partial charge in [-0.2, -0.15) is 13.2 Å². The van der Waals surface area contributed by atoms with Crippen LogP contribution in [0.1, 0.15) is 36.1 Å². The maximum absolute atomic E-state index is 12.8. The second-order valence-electron chi connectivity index (χ2n) is 5.67. The van der Waals surface area contributed by atoms with Crippen LogP contribution in [0.4, 0.5) is 19.0 Å². The van der Waals surface area contributed by atoms with Gasteiger partial charge >= 0.3 is 6.18 Å². The molecule has 1 heterocycles. The van der Waals surface area contributed by atoms with Crippen LogP contribution in [0, 0.1) is 0 Å². The van der Waals surface area contributed by atoms with Gasteiger partial charge in [0, 0.05) is 24.0 Å². The molecule has 0 saturated heterocycles. The van der Waals surface area contributed by atoms with Crippen molar-refractivity contribution in [1.82, 2.24) is 4.98 Å². The van der Waals surface area contributed by atoms with E-state index in [1.807, 2.05) is 44.2 Å². The highest BCUT2D eigenvalue weighted by molar-refractivity contribution is 5.71. The monoisotopic (exact) mass is 347 g/mol. The SMILES string of the molecule is C=C(N)c1cc(C(F)(F)F)cnc1NCc1ccc(/C(C)=C/C)cc1. The normalized spacial score (nSPS) is 12.1. The number of nitrogens with two attached hydrogens (primary N) is 1. The molecule has 0 aliphatic rings. The molecule has 0 aliphatic heterocycles. The second kappa shape index (κ2) is 7.42. The summed E-state index contributed by atoms with van der Waals surface area (Å²) in [6.07, 6.45) is -1.66. The van der Waals surface area contributed by atoms with Gasteiger partial charge in [0.05, 0.1) is 5.56 Å². The van der Waals surface area contributed by atoms with Gasteiger partial charge in [-0.25, -0.2) is 4.98 Å². The summed E-state index contributed by atoms with van der Waals surface area (Å²) >= 11 is 0. The molecule has 0 saturated carbocycles. The number of anilines is 1. The van der Waals surface area contributed by atoms with Crippen molar-refractivity contribution in [3.63, 3.8) is 0 Å². The van der Waals surface area contributed by atoms with Crippen LogP contribution >= 0.6 is 0 Å². The van der Waals surface area contributed by atoms with Crippen LogP contribution in [0.5, 0.6) is 0 Å².